The molecule has 0 N–H and O–H groups in total. The van der Waals surface area contributed by atoms with Gasteiger partial charge in [0, 0.05) is 0 Å². The molecule has 0 amide bonds. The number of alkyl halides is 1. The lowest BCUT2D eigenvalue weighted by atomic mass is 10.2. The Morgan fingerprint density at radius 2 is 1.45 bits per heavy atom. The molecule has 0 aromatic rings. The standard InChI is InChI=1S/C8H19ClN2/c1-6-7(9)8(10(2)3)11(4)5/h7-8H,6H2,1-5H3. The Labute approximate surface area is 75.1 Å². The van der Waals surface area contributed by atoms with Gasteiger partial charge in [-0.2, -0.15) is 0 Å². The van der Waals surface area contributed by atoms with Gasteiger partial charge in [0.25, 0.3) is 0 Å². The van der Waals surface area contributed by atoms with Crippen LogP contribution in [0.4, 0.5) is 0 Å². The Morgan fingerprint density at radius 1 is 1.09 bits per heavy atom. The first-order valence-corrected chi connectivity index (χ1v) is 4.41. The third-order valence-electron chi connectivity index (χ3n) is 1.77. The van der Waals surface area contributed by atoms with Crippen molar-refractivity contribution in [2.24, 2.45) is 0 Å². The fraction of sp³-hybridized carbons (Fsp3) is 1.00. The summed E-state index contributed by atoms with van der Waals surface area (Å²) >= 11 is 6.14. The highest BCUT2D eigenvalue weighted by Gasteiger charge is 2.21. The van der Waals surface area contributed by atoms with Gasteiger partial charge in [-0.15, -0.1) is 11.6 Å². The normalized spacial score (nSPS) is 15.0. The Kier molecular flexibility index (Phi) is 5.06. The molecular weight excluding hydrogens is 160 g/mol. The minimum Gasteiger partial charge on any atom is -0.293 e. The van der Waals surface area contributed by atoms with Crippen LogP contribution in [-0.4, -0.2) is 49.5 Å². The van der Waals surface area contributed by atoms with Crippen molar-refractivity contribution in [2.45, 2.75) is 24.9 Å². The first-order chi connectivity index (χ1) is 5.00. The molecule has 0 bridgehead atoms. The molecule has 0 radical (unpaired) electrons. The van der Waals surface area contributed by atoms with Crippen molar-refractivity contribution in [3.8, 4) is 0 Å². The Bertz CT molecular complexity index is 96.3. The van der Waals surface area contributed by atoms with Crippen LogP contribution in [0.3, 0.4) is 0 Å². The molecule has 0 heterocycles. The van der Waals surface area contributed by atoms with Gasteiger partial charge in [0.2, 0.25) is 0 Å². The molecule has 0 aromatic carbocycles. The highest BCUT2D eigenvalue weighted by molar-refractivity contribution is 6.21. The monoisotopic (exact) mass is 178 g/mol. The van der Waals surface area contributed by atoms with Crippen LogP contribution in [-0.2, 0) is 0 Å². The fourth-order valence-electron chi connectivity index (χ4n) is 1.32. The summed E-state index contributed by atoms with van der Waals surface area (Å²) < 4.78 is 0. The average Bonchev–Trinajstić information content (AvgIpc) is 1.85. The maximum atomic E-state index is 6.14. The third kappa shape index (κ3) is 3.41. The summed E-state index contributed by atoms with van der Waals surface area (Å²) in [4.78, 5) is 4.28. The van der Waals surface area contributed by atoms with Gasteiger partial charge in [0.15, 0.2) is 0 Å². The van der Waals surface area contributed by atoms with E-state index >= 15 is 0 Å². The van der Waals surface area contributed by atoms with Gasteiger partial charge in [0.1, 0.15) is 0 Å². The molecule has 1 atom stereocenters. The average molecular weight is 179 g/mol. The van der Waals surface area contributed by atoms with Gasteiger partial charge in [-0.3, -0.25) is 9.80 Å². The van der Waals surface area contributed by atoms with Crippen LogP contribution in [0, 0.1) is 0 Å². The van der Waals surface area contributed by atoms with Crippen molar-refractivity contribution in [3.63, 3.8) is 0 Å². The molecule has 0 aliphatic heterocycles. The van der Waals surface area contributed by atoms with Crippen LogP contribution in [0.5, 0.6) is 0 Å². The number of hydrogen-bond donors (Lipinski definition) is 0. The van der Waals surface area contributed by atoms with E-state index in [0.29, 0.717) is 6.17 Å². The summed E-state index contributed by atoms with van der Waals surface area (Å²) in [5.74, 6) is 0. The van der Waals surface area contributed by atoms with Crippen LogP contribution in [0.2, 0.25) is 0 Å². The molecular formula is C8H19ClN2. The van der Waals surface area contributed by atoms with Gasteiger partial charge < -0.3 is 0 Å². The smallest absolute Gasteiger partial charge is 0.0780 e. The Hall–Kier alpha value is 0.210. The maximum absolute atomic E-state index is 6.14. The summed E-state index contributed by atoms with van der Waals surface area (Å²) in [5, 5.41) is 0.208. The molecule has 1 unspecified atom stereocenters. The van der Waals surface area contributed by atoms with Crippen molar-refractivity contribution in [1.29, 1.82) is 0 Å². The van der Waals surface area contributed by atoms with Crippen molar-refractivity contribution in [3.05, 3.63) is 0 Å². The van der Waals surface area contributed by atoms with Crippen molar-refractivity contribution in [1.82, 2.24) is 9.80 Å². The summed E-state index contributed by atoms with van der Waals surface area (Å²) in [7, 11) is 8.21. The van der Waals surface area contributed by atoms with E-state index in [1.165, 1.54) is 0 Å². The predicted molar refractivity (Wildman–Crippen MR) is 51.1 cm³/mol. The van der Waals surface area contributed by atoms with Gasteiger partial charge in [-0.25, -0.2) is 0 Å². The molecule has 0 fully saturated rings. The highest BCUT2D eigenvalue weighted by Crippen LogP contribution is 2.13. The molecule has 0 rings (SSSR count). The number of halogens is 1. The van der Waals surface area contributed by atoms with E-state index in [-0.39, 0.29) is 5.38 Å². The van der Waals surface area contributed by atoms with E-state index in [4.69, 9.17) is 11.6 Å². The van der Waals surface area contributed by atoms with Gasteiger partial charge >= 0.3 is 0 Å². The number of hydrogen-bond acceptors (Lipinski definition) is 2. The van der Waals surface area contributed by atoms with Crippen LogP contribution in [0.1, 0.15) is 13.3 Å². The summed E-state index contributed by atoms with van der Waals surface area (Å²) in [6.45, 7) is 2.11. The number of nitrogens with zero attached hydrogens (tertiary/aromatic N) is 2. The quantitative estimate of drug-likeness (QED) is 0.475. The second-order valence-corrected chi connectivity index (χ2v) is 3.83. The lowest BCUT2D eigenvalue weighted by molar-refractivity contribution is 0.123. The first-order valence-electron chi connectivity index (χ1n) is 3.97. The molecule has 0 saturated carbocycles. The van der Waals surface area contributed by atoms with Crippen molar-refractivity contribution in [2.75, 3.05) is 28.2 Å². The SMILES string of the molecule is CCC(Cl)C(N(C)C)N(C)C. The largest absolute Gasteiger partial charge is 0.293 e. The first kappa shape index (κ1) is 11.2. The molecule has 0 aliphatic carbocycles. The van der Waals surface area contributed by atoms with E-state index in [1.54, 1.807) is 0 Å². The van der Waals surface area contributed by atoms with E-state index in [1.807, 2.05) is 0 Å². The van der Waals surface area contributed by atoms with Gasteiger partial charge in [0.05, 0.1) is 11.5 Å². The molecule has 0 saturated heterocycles. The summed E-state index contributed by atoms with van der Waals surface area (Å²) in [5.41, 5.74) is 0. The predicted octanol–water partition coefficient (Wildman–Crippen LogP) is 1.45. The summed E-state index contributed by atoms with van der Waals surface area (Å²) in [6, 6.07) is 0. The van der Waals surface area contributed by atoms with Crippen LogP contribution in [0.15, 0.2) is 0 Å². The second-order valence-electron chi connectivity index (χ2n) is 3.27. The van der Waals surface area contributed by atoms with E-state index < -0.39 is 0 Å². The Balaban J connectivity index is 4.09. The summed E-state index contributed by atoms with van der Waals surface area (Å²) in [6.07, 6.45) is 1.34. The maximum Gasteiger partial charge on any atom is 0.0780 e. The van der Waals surface area contributed by atoms with Crippen LogP contribution < -0.4 is 0 Å². The minimum atomic E-state index is 0.208. The lowest BCUT2D eigenvalue weighted by Crippen LogP contribution is -2.46. The molecule has 11 heavy (non-hydrogen) atoms. The minimum absolute atomic E-state index is 0.208. The van der Waals surface area contributed by atoms with E-state index in [2.05, 4.69) is 44.9 Å². The molecule has 3 heteroatoms. The molecule has 0 aliphatic rings. The second kappa shape index (κ2) is 4.96. The molecule has 68 valence electrons. The van der Waals surface area contributed by atoms with Crippen LogP contribution in [0.25, 0.3) is 0 Å². The molecule has 0 spiro atoms. The molecule has 2 nitrogen and oxygen atoms in total. The van der Waals surface area contributed by atoms with E-state index in [0.717, 1.165) is 6.42 Å². The Morgan fingerprint density at radius 3 is 1.55 bits per heavy atom. The number of rotatable bonds is 4. The zero-order valence-corrected chi connectivity index (χ0v) is 8.89. The zero-order valence-electron chi connectivity index (χ0n) is 8.13. The van der Waals surface area contributed by atoms with Crippen molar-refractivity contribution >= 4 is 11.6 Å². The van der Waals surface area contributed by atoms with E-state index in [9.17, 15) is 0 Å². The van der Waals surface area contributed by atoms with Gasteiger partial charge in [-0.1, -0.05) is 6.92 Å². The fourth-order valence-corrected chi connectivity index (χ4v) is 1.77. The third-order valence-corrected chi connectivity index (χ3v) is 2.31. The van der Waals surface area contributed by atoms with Gasteiger partial charge in [-0.05, 0) is 34.6 Å². The van der Waals surface area contributed by atoms with Crippen molar-refractivity contribution < 1.29 is 0 Å². The topological polar surface area (TPSA) is 6.48 Å². The molecule has 0 aromatic heterocycles. The lowest BCUT2D eigenvalue weighted by Gasteiger charge is -2.33. The highest BCUT2D eigenvalue weighted by atomic mass is 35.5. The zero-order chi connectivity index (χ0) is 9.02. The van der Waals surface area contributed by atoms with Crippen LogP contribution >= 0.6 is 11.6 Å².